The lowest BCUT2D eigenvalue weighted by atomic mass is 10.1. The van der Waals surface area contributed by atoms with Gasteiger partial charge in [0.15, 0.2) is 5.69 Å². The van der Waals surface area contributed by atoms with E-state index >= 15 is 0 Å². The predicted molar refractivity (Wildman–Crippen MR) is 95.2 cm³/mol. The van der Waals surface area contributed by atoms with Crippen molar-refractivity contribution in [2.45, 2.75) is 19.8 Å². The molecule has 26 heavy (non-hydrogen) atoms. The number of benzene rings is 1. The molecule has 0 fully saturated rings. The van der Waals surface area contributed by atoms with Gasteiger partial charge in [-0.05, 0) is 25.5 Å². The molecule has 2 aromatic heterocycles. The number of aromatic nitrogens is 4. The second-order valence-corrected chi connectivity index (χ2v) is 6.03. The molecule has 3 rings (SSSR count). The second kappa shape index (κ2) is 7.30. The maximum Gasteiger partial charge on any atom is 0.303 e. The van der Waals surface area contributed by atoms with E-state index < -0.39 is 5.97 Å². The zero-order valence-corrected chi connectivity index (χ0v) is 14.6. The fraction of sp³-hybridized carbons (Fsp3) is 0.278. The first-order chi connectivity index (χ1) is 12.5. The molecule has 0 bridgehead atoms. The molecular weight excluding hydrogens is 334 g/mol. The first-order valence-electron chi connectivity index (χ1n) is 8.21. The number of carbonyl (C=O) groups is 2. The fourth-order valence-electron chi connectivity index (χ4n) is 2.80. The van der Waals surface area contributed by atoms with Crippen molar-refractivity contribution in [2.75, 3.05) is 13.6 Å². The van der Waals surface area contributed by atoms with Crippen LogP contribution in [0.4, 0.5) is 0 Å². The maximum atomic E-state index is 12.6. The van der Waals surface area contributed by atoms with Crippen LogP contribution in [0.15, 0.2) is 36.7 Å². The Morgan fingerprint density at radius 1 is 1.27 bits per heavy atom. The van der Waals surface area contributed by atoms with Crippen molar-refractivity contribution in [1.82, 2.24) is 24.9 Å². The third-order valence-electron chi connectivity index (χ3n) is 4.21. The number of fused-ring (bicyclic) bond motifs is 1. The SMILES string of the molecule is Cc1c(C(=O)N(C)CCCC(=O)O)nnn1-c1cccc2cnccc12. The van der Waals surface area contributed by atoms with Gasteiger partial charge in [-0.2, -0.15) is 0 Å². The quantitative estimate of drug-likeness (QED) is 0.728. The van der Waals surface area contributed by atoms with E-state index in [0.29, 0.717) is 18.7 Å². The summed E-state index contributed by atoms with van der Waals surface area (Å²) in [7, 11) is 1.63. The summed E-state index contributed by atoms with van der Waals surface area (Å²) < 4.78 is 1.64. The Hall–Kier alpha value is -3.29. The van der Waals surface area contributed by atoms with E-state index in [9.17, 15) is 9.59 Å². The summed E-state index contributed by atoms with van der Waals surface area (Å²) in [4.78, 5) is 28.8. The topological polar surface area (TPSA) is 101 Å². The van der Waals surface area contributed by atoms with Gasteiger partial charge >= 0.3 is 5.97 Å². The van der Waals surface area contributed by atoms with Gasteiger partial charge in [-0.15, -0.1) is 5.10 Å². The number of nitrogens with zero attached hydrogens (tertiary/aromatic N) is 5. The third-order valence-corrected chi connectivity index (χ3v) is 4.21. The molecule has 0 spiro atoms. The number of amides is 1. The maximum absolute atomic E-state index is 12.6. The van der Waals surface area contributed by atoms with Crippen LogP contribution >= 0.6 is 0 Å². The molecule has 2 heterocycles. The van der Waals surface area contributed by atoms with Crippen LogP contribution in [0.3, 0.4) is 0 Å². The van der Waals surface area contributed by atoms with Crippen LogP contribution in [-0.4, -0.2) is 55.5 Å². The van der Waals surface area contributed by atoms with Crippen LogP contribution < -0.4 is 0 Å². The molecule has 0 aliphatic rings. The van der Waals surface area contributed by atoms with Gasteiger partial charge in [0.05, 0.1) is 11.4 Å². The lowest BCUT2D eigenvalue weighted by Crippen LogP contribution is -2.29. The summed E-state index contributed by atoms with van der Waals surface area (Å²) in [5.74, 6) is -1.15. The number of carboxylic acid groups (broad SMARTS) is 1. The van der Waals surface area contributed by atoms with Crippen molar-refractivity contribution in [3.8, 4) is 5.69 Å². The van der Waals surface area contributed by atoms with Crippen molar-refractivity contribution in [2.24, 2.45) is 0 Å². The summed E-state index contributed by atoms with van der Waals surface area (Å²) >= 11 is 0. The normalized spacial score (nSPS) is 10.8. The lowest BCUT2D eigenvalue weighted by Gasteiger charge is -2.15. The van der Waals surface area contributed by atoms with Gasteiger partial charge in [0.25, 0.3) is 5.91 Å². The van der Waals surface area contributed by atoms with Gasteiger partial charge in [0.2, 0.25) is 0 Å². The van der Waals surface area contributed by atoms with Crippen molar-refractivity contribution in [3.05, 3.63) is 48.0 Å². The molecule has 0 atom stereocenters. The number of hydrogen-bond donors (Lipinski definition) is 1. The number of rotatable bonds is 6. The summed E-state index contributed by atoms with van der Waals surface area (Å²) in [6, 6.07) is 7.67. The molecule has 0 aliphatic carbocycles. The average molecular weight is 353 g/mol. The molecule has 8 heteroatoms. The standard InChI is InChI=1S/C18H19N5O3/c1-12-17(18(26)22(2)10-4-7-16(24)25)20-21-23(12)15-6-3-5-13-11-19-9-8-14(13)15/h3,5-6,8-9,11H,4,7,10H2,1-2H3,(H,24,25). The molecular formula is C18H19N5O3. The second-order valence-electron chi connectivity index (χ2n) is 6.03. The van der Waals surface area contributed by atoms with Gasteiger partial charge < -0.3 is 10.0 Å². The number of aliphatic carboxylic acids is 1. The van der Waals surface area contributed by atoms with Crippen molar-refractivity contribution >= 4 is 22.6 Å². The molecule has 1 aromatic carbocycles. The van der Waals surface area contributed by atoms with Gasteiger partial charge in [-0.1, -0.05) is 17.3 Å². The van der Waals surface area contributed by atoms with Crippen LogP contribution in [0.1, 0.15) is 29.0 Å². The number of carboxylic acids is 1. The summed E-state index contributed by atoms with van der Waals surface area (Å²) in [5.41, 5.74) is 1.71. The van der Waals surface area contributed by atoms with Gasteiger partial charge in [-0.25, -0.2) is 4.68 Å². The zero-order chi connectivity index (χ0) is 18.7. The van der Waals surface area contributed by atoms with E-state index in [4.69, 9.17) is 5.11 Å². The Balaban J connectivity index is 1.88. The van der Waals surface area contributed by atoms with E-state index in [1.165, 1.54) is 4.90 Å². The Morgan fingerprint density at radius 3 is 2.85 bits per heavy atom. The molecule has 0 radical (unpaired) electrons. The zero-order valence-electron chi connectivity index (χ0n) is 14.6. The molecule has 0 saturated heterocycles. The largest absolute Gasteiger partial charge is 0.481 e. The molecule has 0 saturated carbocycles. The fourth-order valence-corrected chi connectivity index (χ4v) is 2.80. The first-order valence-corrected chi connectivity index (χ1v) is 8.21. The first kappa shape index (κ1) is 17.5. The van der Waals surface area contributed by atoms with E-state index in [-0.39, 0.29) is 18.0 Å². The molecule has 0 aliphatic heterocycles. The predicted octanol–water partition coefficient (Wildman–Crippen LogP) is 2.06. The minimum Gasteiger partial charge on any atom is -0.481 e. The van der Waals surface area contributed by atoms with Crippen molar-refractivity contribution in [1.29, 1.82) is 0 Å². The highest BCUT2D eigenvalue weighted by atomic mass is 16.4. The third kappa shape index (κ3) is 3.39. The Labute approximate surface area is 150 Å². The highest BCUT2D eigenvalue weighted by Crippen LogP contribution is 2.22. The molecule has 8 nitrogen and oxygen atoms in total. The summed E-state index contributed by atoms with van der Waals surface area (Å²) in [5, 5.41) is 18.8. The Morgan fingerprint density at radius 2 is 2.08 bits per heavy atom. The lowest BCUT2D eigenvalue weighted by molar-refractivity contribution is -0.137. The van der Waals surface area contributed by atoms with E-state index in [2.05, 4.69) is 15.3 Å². The smallest absolute Gasteiger partial charge is 0.303 e. The number of hydrogen-bond acceptors (Lipinski definition) is 5. The molecule has 1 N–H and O–H groups in total. The van der Waals surface area contributed by atoms with E-state index in [1.807, 2.05) is 24.3 Å². The monoisotopic (exact) mass is 353 g/mol. The van der Waals surface area contributed by atoms with E-state index in [1.54, 1.807) is 31.0 Å². The van der Waals surface area contributed by atoms with Crippen LogP contribution in [0, 0.1) is 6.92 Å². The highest BCUT2D eigenvalue weighted by molar-refractivity contribution is 5.94. The van der Waals surface area contributed by atoms with Crippen molar-refractivity contribution < 1.29 is 14.7 Å². The Kier molecular flexibility index (Phi) is 4.92. The minimum atomic E-state index is -0.876. The average Bonchev–Trinajstić information content (AvgIpc) is 3.01. The van der Waals surface area contributed by atoms with Gasteiger partial charge in [-0.3, -0.25) is 14.6 Å². The van der Waals surface area contributed by atoms with Crippen LogP contribution in [0.2, 0.25) is 0 Å². The number of carbonyl (C=O) groups excluding carboxylic acids is 1. The van der Waals surface area contributed by atoms with Crippen molar-refractivity contribution in [3.63, 3.8) is 0 Å². The Bertz CT molecular complexity index is 961. The van der Waals surface area contributed by atoms with Gasteiger partial charge in [0.1, 0.15) is 0 Å². The minimum absolute atomic E-state index is 0.0212. The highest BCUT2D eigenvalue weighted by Gasteiger charge is 2.21. The summed E-state index contributed by atoms with van der Waals surface area (Å²) in [6.07, 6.45) is 3.89. The molecule has 3 aromatic rings. The van der Waals surface area contributed by atoms with Crippen LogP contribution in [-0.2, 0) is 4.79 Å². The van der Waals surface area contributed by atoms with Crippen LogP contribution in [0.25, 0.3) is 16.5 Å². The van der Waals surface area contributed by atoms with Gasteiger partial charge in [0, 0.05) is 43.2 Å². The van der Waals surface area contributed by atoms with Crippen LogP contribution in [0.5, 0.6) is 0 Å². The molecule has 134 valence electrons. The van der Waals surface area contributed by atoms with E-state index in [0.717, 1.165) is 16.5 Å². The molecule has 1 amide bonds. The molecule has 0 unspecified atom stereocenters. The summed E-state index contributed by atoms with van der Waals surface area (Å²) in [6.45, 7) is 2.13. The number of pyridine rings is 1.